The summed E-state index contributed by atoms with van der Waals surface area (Å²) in [6, 6.07) is 12.4. The molecule has 1 saturated heterocycles. The SMILES string of the molecule is Cc1onc(-c2ccccc2Cl)c1C(=O)N1CCN(c2nc3c(S(C)(=O)=O)cccc3s2)CC1. The van der Waals surface area contributed by atoms with Gasteiger partial charge in [0, 0.05) is 38.0 Å². The number of fused-ring (bicyclic) bond motifs is 1. The van der Waals surface area contributed by atoms with Gasteiger partial charge in [-0.1, -0.05) is 52.4 Å². The Morgan fingerprint density at radius 3 is 2.53 bits per heavy atom. The Morgan fingerprint density at radius 1 is 1.09 bits per heavy atom. The van der Waals surface area contributed by atoms with Crippen molar-refractivity contribution in [1.29, 1.82) is 0 Å². The van der Waals surface area contributed by atoms with Crippen molar-refractivity contribution in [1.82, 2.24) is 15.0 Å². The molecule has 11 heteroatoms. The summed E-state index contributed by atoms with van der Waals surface area (Å²) in [5, 5.41) is 5.35. The van der Waals surface area contributed by atoms with Crippen LogP contribution in [0.5, 0.6) is 0 Å². The Labute approximate surface area is 205 Å². The first kappa shape index (κ1) is 22.8. The average Bonchev–Trinajstić information content (AvgIpc) is 3.42. The number of nitrogens with zero attached hydrogens (tertiary/aromatic N) is 4. The second kappa shape index (κ2) is 8.68. The Bertz CT molecular complexity index is 1500. The molecule has 1 fully saturated rings. The molecular weight excluding hydrogens is 496 g/mol. The van der Waals surface area contributed by atoms with Gasteiger partial charge in [0.2, 0.25) is 0 Å². The highest BCUT2D eigenvalue weighted by Gasteiger charge is 2.30. The Morgan fingerprint density at radius 2 is 1.82 bits per heavy atom. The summed E-state index contributed by atoms with van der Waals surface area (Å²) in [7, 11) is -3.38. The minimum absolute atomic E-state index is 0.156. The Balaban J connectivity index is 1.37. The molecule has 1 aliphatic rings. The van der Waals surface area contributed by atoms with E-state index in [4.69, 9.17) is 16.1 Å². The molecule has 0 spiro atoms. The molecule has 2 aromatic heterocycles. The molecule has 0 unspecified atom stereocenters. The van der Waals surface area contributed by atoms with E-state index in [1.807, 2.05) is 24.3 Å². The van der Waals surface area contributed by atoms with Gasteiger partial charge in [0.25, 0.3) is 5.91 Å². The van der Waals surface area contributed by atoms with Crippen LogP contribution >= 0.6 is 22.9 Å². The predicted molar refractivity (Wildman–Crippen MR) is 133 cm³/mol. The second-order valence-electron chi connectivity index (χ2n) is 8.09. The molecule has 0 saturated carbocycles. The standard InChI is InChI=1S/C23H21ClN4O4S2/c1-14-19(20(26-32-14)15-6-3-4-7-16(15)24)22(29)27-10-12-28(13-11-27)23-25-21-17(33-23)8-5-9-18(21)34(2,30)31/h3-9H,10-13H2,1-2H3. The van der Waals surface area contributed by atoms with E-state index in [1.165, 1.54) is 17.6 Å². The van der Waals surface area contributed by atoms with Gasteiger partial charge in [0.05, 0.1) is 14.6 Å². The smallest absolute Gasteiger partial charge is 0.259 e. The Kier molecular flexibility index (Phi) is 5.83. The zero-order chi connectivity index (χ0) is 24.0. The third kappa shape index (κ3) is 4.06. The van der Waals surface area contributed by atoms with Crippen molar-refractivity contribution in [2.45, 2.75) is 11.8 Å². The minimum atomic E-state index is -3.38. The van der Waals surface area contributed by atoms with Gasteiger partial charge >= 0.3 is 0 Å². The number of aromatic nitrogens is 2. The first-order chi connectivity index (χ1) is 16.2. The topological polar surface area (TPSA) is 96.6 Å². The summed E-state index contributed by atoms with van der Waals surface area (Å²) >= 11 is 7.79. The maximum atomic E-state index is 13.4. The van der Waals surface area contributed by atoms with Gasteiger partial charge in [0.1, 0.15) is 22.5 Å². The molecule has 0 aliphatic carbocycles. The lowest BCUT2D eigenvalue weighted by atomic mass is 10.0. The van der Waals surface area contributed by atoms with Gasteiger partial charge < -0.3 is 14.3 Å². The van der Waals surface area contributed by atoms with Crippen LogP contribution in [0.3, 0.4) is 0 Å². The number of para-hydroxylation sites is 1. The van der Waals surface area contributed by atoms with Gasteiger partial charge in [0.15, 0.2) is 15.0 Å². The molecule has 1 aliphatic heterocycles. The van der Waals surface area contributed by atoms with Crippen molar-refractivity contribution in [2.24, 2.45) is 0 Å². The van der Waals surface area contributed by atoms with Gasteiger partial charge in [-0.2, -0.15) is 0 Å². The fraction of sp³-hybridized carbons (Fsp3) is 0.261. The summed E-state index contributed by atoms with van der Waals surface area (Å²) < 4.78 is 30.4. The lowest BCUT2D eigenvalue weighted by molar-refractivity contribution is 0.0745. The molecule has 3 heterocycles. The number of halogens is 1. The van der Waals surface area contributed by atoms with Crippen LogP contribution in [0, 0.1) is 6.92 Å². The largest absolute Gasteiger partial charge is 0.360 e. The number of sulfone groups is 1. The molecular formula is C23H21ClN4O4S2. The summed E-state index contributed by atoms with van der Waals surface area (Å²) in [5.74, 6) is 0.291. The molecule has 0 bridgehead atoms. The summed E-state index contributed by atoms with van der Waals surface area (Å²) in [6.45, 7) is 3.84. The van der Waals surface area contributed by atoms with E-state index < -0.39 is 9.84 Å². The lowest BCUT2D eigenvalue weighted by Crippen LogP contribution is -2.49. The van der Waals surface area contributed by atoms with Crippen molar-refractivity contribution >= 4 is 54.0 Å². The number of anilines is 1. The van der Waals surface area contributed by atoms with Gasteiger partial charge in [-0.15, -0.1) is 0 Å². The number of rotatable bonds is 4. The van der Waals surface area contributed by atoms with Crippen LogP contribution in [0.2, 0.25) is 5.02 Å². The van der Waals surface area contributed by atoms with E-state index >= 15 is 0 Å². The molecule has 34 heavy (non-hydrogen) atoms. The highest BCUT2D eigenvalue weighted by molar-refractivity contribution is 7.91. The molecule has 176 valence electrons. The van der Waals surface area contributed by atoms with E-state index in [0.29, 0.717) is 59.3 Å². The van der Waals surface area contributed by atoms with E-state index in [0.717, 1.165) is 9.83 Å². The third-order valence-electron chi connectivity index (χ3n) is 5.81. The number of piperazine rings is 1. The van der Waals surface area contributed by atoms with Crippen molar-refractivity contribution < 1.29 is 17.7 Å². The molecule has 0 N–H and O–H groups in total. The normalized spacial score (nSPS) is 14.7. The monoisotopic (exact) mass is 516 g/mol. The van der Waals surface area contributed by atoms with Gasteiger partial charge in [-0.05, 0) is 25.1 Å². The highest BCUT2D eigenvalue weighted by Crippen LogP contribution is 2.34. The highest BCUT2D eigenvalue weighted by atomic mass is 35.5. The number of hydrogen-bond acceptors (Lipinski definition) is 8. The maximum Gasteiger partial charge on any atom is 0.259 e. The zero-order valence-electron chi connectivity index (χ0n) is 18.5. The summed E-state index contributed by atoms with van der Waals surface area (Å²) in [4.78, 5) is 22.1. The van der Waals surface area contributed by atoms with Crippen molar-refractivity contribution in [3.05, 3.63) is 58.8 Å². The van der Waals surface area contributed by atoms with Gasteiger partial charge in [-0.3, -0.25) is 4.79 Å². The molecule has 8 nitrogen and oxygen atoms in total. The predicted octanol–water partition coefficient (Wildman–Crippen LogP) is 4.28. The third-order valence-corrected chi connectivity index (χ3v) is 8.35. The number of aryl methyl sites for hydroxylation is 1. The number of benzene rings is 2. The first-order valence-electron chi connectivity index (χ1n) is 10.6. The van der Waals surface area contributed by atoms with Crippen molar-refractivity contribution in [3.63, 3.8) is 0 Å². The molecule has 4 aromatic rings. The number of thiazole rings is 1. The van der Waals surface area contributed by atoms with Crippen molar-refractivity contribution in [3.8, 4) is 11.3 Å². The molecule has 2 aromatic carbocycles. The van der Waals surface area contributed by atoms with Crippen LogP contribution in [-0.4, -0.2) is 61.8 Å². The van der Waals surface area contributed by atoms with Crippen molar-refractivity contribution in [2.75, 3.05) is 37.3 Å². The van der Waals surface area contributed by atoms with Crippen LogP contribution in [0.4, 0.5) is 5.13 Å². The minimum Gasteiger partial charge on any atom is -0.360 e. The maximum absolute atomic E-state index is 13.4. The average molecular weight is 517 g/mol. The van der Waals surface area contributed by atoms with Gasteiger partial charge in [-0.25, -0.2) is 13.4 Å². The number of hydrogen-bond donors (Lipinski definition) is 0. The summed E-state index contributed by atoms with van der Waals surface area (Å²) in [6.07, 6.45) is 1.19. The Hall–Kier alpha value is -2.95. The van der Waals surface area contributed by atoms with E-state index in [1.54, 1.807) is 30.0 Å². The number of carbonyl (C=O) groups excluding carboxylic acids is 1. The van der Waals surface area contributed by atoms with E-state index in [2.05, 4.69) is 15.0 Å². The molecule has 5 rings (SSSR count). The van der Waals surface area contributed by atoms with E-state index in [9.17, 15) is 13.2 Å². The van der Waals surface area contributed by atoms with Crippen LogP contribution in [0.1, 0.15) is 16.1 Å². The van der Waals surface area contributed by atoms with Crippen LogP contribution in [0.15, 0.2) is 51.9 Å². The number of amides is 1. The van der Waals surface area contributed by atoms with E-state index in [-0.39, 0.29) is 10.8 Å². The van der Waals surface area contributed by atoms with Crippen LogP contribution in [-0.2, 0) is 9.84 Å². The van der Waals surface area contributed by atoms with Crippen LogP contribution < -0.4 is 4.90 Å². The molecule has 1 amide bonds. The number of carbonyl (C=O) groups is 1. The second-order valence-corrected chi connectivity index (χ2v) is 11.5. The molecule has 0 atom stereocenters. The fourth-order valence-electron chi connectivity index (χ4n) is 4.07. The van der Waals surface area contributed by atoms with Crippen LogP contribution in [0.25, 0.3) is 21.5 Å². The lowest BCUT2D eigenvalue weighted by Gasteiger charge is -2.34. The zero-order valence-corrected chi connectivity index (χ0v) is 20.9. The molecule has 0 radical (unpaired) electrons. The fourth-order valence-corrected chi connectivity index (χ4v) is 6.23. The quantitative estimate of drug-likeness (QED) is 0.399. The summed E-state index contributed by atoms with van der Waals surface area (Å²) in [5.41, 5.74) is 2.00. The first-order valence-corrected chi connectivity index (χ1v) is 13.7.